The average Bonchev–Trinajstić information content (AvgIpc) is 3.37. The molecule has 2 aliphatic rings. The molecule has 0 aromatic heterocycles. The summed E-state index contributed by atoms with van der Waals surface area (Å²) in [7, 11) is 0. The molecule has 1 aliphatic heterocycles. The van der Waals surface area contributed by atoms with E-state index in [1.807, 2.05) is 53.8 Å². The molecule has 0 bridgehead atoms. The first-order chi connectivity index (χ1) is 15.8. The van der Waals surface area contributed by atoms with Crippen LogP contribution in [0.25, 0.3) is 11.1 Å². The SMILES string of the molecule is O=C(O)C[C@@H]1CCCN1C(=O)C(F)(F)CNC(=O)OCC1c2ccccc2-c2ccccc21. The molecule has 7 nitrogen and oxygen atoms in total. The Morgan fingerprint density at radius 1 is 1.06 bits per heavy atom. The molecule has 1 aliphatic carbocycles. The zero-order valence-corrected chi connectivity index (χ0v) is 17.8. The van der Waals surface area contributed by atoms with Crippen molar-refractivity contribution in [2.45, 2.75) is 37.1 Å². The molecule has 0 spiro atoms. The second-order valence-electron chi connectivity index (χ2n) is 8.28. The molecular formula is C24H24F2N2O5. The number of nitrogens with one attached hydrogen (secondary N) is 1. The van der Waals surface area contributed by atoms with E-state index in [2.05, 4.69) is 0 Å². The number of rotatable bonds is 7. The van der Waals surface area contributed by atoms with Crippen LogP contribution in [-0.4, -0.2) is 59.6 Å². The summed E-state index contributed by atoms with van der Waals surface area (Å²) >= 11 is 0. The van der Waals surface area contributed by atoms with E-state index in [4.69, 9.17) is 9.84 Å². The number of likely N-dealkylation sites (tertiary alicyclic amines) is 1. The maximum absolute atomic E-state index is 14.5. The summed E-state index contributed by atoms with van der Waals surface area (Å²) in [6.07, 6.45) is -0.623. The molecule has 174 valence electrons. The van der Waals surface area contributed by atoms with Crippen molar-refractivity contribution in [1.29, 1.82) is 0 Å². The highest BCUT2D eigenvalue weighted by Crippen LogP contribution is 2.44. The molecule has 2 aromatic rings. The Hall–Kier alpha value is -3.49. The number of alkyl halides is 2. The number of ether oxygens (including phenoxy) is 1. The molecule has 1 atom stereocenters. The lowest BCUT2D eigenvalue weighted by atomic mass is 9.98. The fourth-order valence-corrected chi connectivity index (χ4v) is 4.64. The van der Waals surface area contributed by atoms with Crippen molar-refractivity contribution in [3.8, 4) is 11.1 Å². The van der Waals surface area contributed by atoms with E-state index >= 15 is 0 Å². The molecule has 2 amide bonds. The van der Waals surface area contributed by atoms with Gasteiger partial charge < -0.3 is 20.1 Å². The van der Waals surface area contributed by atoms with Crippen molar-refractivity contribution in [3.05, 3.63) is 59.7 Å². The molecule has 1 heterocycles. The quantitative estimate of drug-likeness (QED) is 0.661. The van der Waals surface area contributed by atoms with E-state index in [0.29, 0.717) is 12.8 Å². The highest BCUT2D eigenvalue weighted by atomic mass is 19.3. The number of nitrogens with zero attached hydrogens (tertiary/aromatic N) is 1. The second kappa shape index (κ2) is 9.17. The summed E-state index contributed by atoms with van der Waals surface area (Å²) in [6, 6.07) is 14.7. The van der Waals surface area contributed by atoms with Gasteiger partial charge in [-0.3, -0.25) is 9.59 Å². The van der Waals surface area contributed by atoms with Crippen LogP contribution >= 0.6 is 0 Å². The van der Waals surface area contributed by atoms with Crippen molar-refractivity contribution in [1.82, 2.24) is 10.2 Å². The summed E-state index contributed by atoms with van der Waals surface area (Å²) in [5, 5.41) is 10.9. The number of fused-ring (bicyclic) bond motifs is 3. The number of carbonyl (C=O) groups is 3. The van der Waals surface area contributed by atoms with E-state index in [9.17, 15) is 23.2 Å². The number of benzene rings is 2. The third-order valence-corrected chi connectivity index (χ3v) is 6.16. The van der Waals surface area contributed by atoms with Gasteiger partial charge in [0.1, 0.15) is 6.61 Å². The van der Waals surface area contributed by atoms with Gasteiger partial charge in [-0.15, -0.1) is 0 Å². The first-order valence-corrected chi connectivity index (χ1v) is 10.8. The maximum Gasteiger partial charge on any atom is 0.407 e. The normalized spacial score (nSPS) is 17.4. The van der Waals surface area contributed by atoms with Crippen LogP contribution < -0.4 is 5.32 Å². The highest BCUT2D eigenvalue weighted by Gasteiger charge is 2.46. The van der Waals surface area contributed by atoms with E-state index in [1.54, 1.807) is 0 Å². The minimum Gasteiger partial charge on any atom is -0.481 e. The minimum atomic E-state index is -3.87. The minimum absolute atomic E-state index is 0.0355. The molecule has 2 aromatic carbocycles. The van der Waals surface area contributed by atoms with Gasteiger partial charge in [0.2, 0.25) is 0 Å². The molecule has 0 unspecified atom stereocenters. The van der Waals surface area contributed by atoms with Gasteiger partial charge in [-0.05, 0) is 35.1 Å². The molecule has 2 N–H and O–H groups in total. The fraction of sp³-hybridized carbons (Fsp3) is 0.375. The number of carboxylic acid groups (broad SMARTS) is 1. The number of carbonyl (C=O) groups excluding carboxylic acids is 2. The van der Waals surface area contributed by atoms with Gasteiger partial charge in [-0.2, -0.15) is 8.78 Å². The monoisotopic (exact) mass is 458 g/mol. The van der Waals surface area contributed by atoms with E-state index in [1.165, 1.54) is 0 Å². The first-order valence-electron chi connectivity index (χ1n) is 10.8. The summed E-state index contributed by atoms with van der Waals surface area (Å²) in [5.41, 5.74) is 4.07. The zero-order valence-electron chi connectivity index (χ0n) is 17.8. The zero-order chi connectivity index (χ0) is 23.6. The molecule has 9 heteroatoms. The summed E-state index contributed by atoms with van der Waals surface area (Å²) in [5.74, 6) is -6.72. The van der Waals surface area contributed by atoms with Crippen molar-refractivity contribution in [2.75, 3.05) is 19.7 Å². The molecular weight excluding hydrogens is 434 g/mol. The van der Waals surface area contributed by atoms with Crippen LogP contribution in [0.3, 0.4) is 0 Å². The van der Waals surface area contributed by atoms with Crippen molar-refractivity contribution >= 4 is 18.0 Å². The van der Waals surface area contributed by atoms with Crippen LogP contribution in [0.2, 0.25) is 0 Å². The van der Waals surface area contributed by atoms with Crippen molar-refractivity contribution in [3.63, 3.8) is 0 Å². The third kappa shape index (κ3) is 4.67. The lowest BCUT2D eigenvalue weighted by Crippen LogP contribution is -2.51. The molecule has 1 saturated heterocycles. The Labute approximate surface area is 189 Å². The maximum atomic E-state index is 14.5. The van der Waals surface area contributed by atoms with Gasteiger partial charge in [0.25, 0.3) is 5.91 Å². The fourth-order valence-electron chi connectivity index (χ4n) is 4.64. The number of aliphatic carboxylic acids is 1. The van der Waals surface area contributed by atoms with Crippen molar-refractivity contribution in [2.24, 2.45) is 0 Å². The Balaban J connectivity index is 1.34. The number of alkyl carbamates (subject to hydrolysis) is 1. The number of carboxylic acids is 1. The van der Waals surface area contributed by atoms with E-state index in [-0.39, 0.29) is 25.5 Å². The molecule has 0 saturated carbocycles. The third-order valence-electron chi connectivity index (χ3n) is 6.16. The Morgan fingerprint density at radius 3 is 2.27 bits per heavy atom. The lowest BCUT2D eigenvalue weighted by Gasteiger charge is -2.27. The molecule has 4 rings (SSSR count). The average molecular weight is 458 g/mol. The van der Waals surface area contributed by atoms with Crippen LogP contribution in [0.15, 0.2) is 48.5 Å². The molecule has 33 heavy (non-hydrogen) atoms. The molecule has 0 radical (unpaired) electrons. The topological polar surface area (TPSA) is 95.9 Å². The Morgan fingerprint density at radius 2 is 1.67 bits per heavy atom. The number of hydrogen-bond acceptors (Lipinski definition) is 4. The first kappa shape index (κ1) is 22.7. The van der Waals surface area contributed by atoms with Crippen molar-refractivity contribution < 1.29 is 33.0 Å². The van der Waals surface area contributed by atoms with Crippen LogP contribution in [-0.2, 0) is 14.3 Å². The van der Waals surface area contributed by atoms with Gasteiger partial charge in [0.15, 0.2) is 0 Å². The standard InChI is InChI=1S/C24H24F2N2O5/c25-24(26,22(31)28-11-5-6-15(28)12-21(29)30)14-27-23(32)33-13-20-18-9-3-1-7-16(18)17-8-2-4-10-19(17)20/h1-4,7-10,15,20H,5-6,11-14H2,(H,27,32)(H,29,30)/t15-/m0/s1. The number of hydrogen-bond donors (Lipinski definition) is 2. The van der Waals surface area contributed by atoms with Gasteiger partial charge in [-0.25, -0.2) is 4.79 Å². The predicted octanol–water partition coefficient (Wildman–Crippen LogP) is 3.63. The summed E-state index contributed by atoms with van der Waals surface area (Å²) < 4.78 is 34.2. The Bertz CT molecular complexity index is 1030. The van der Waals surface area contributed by atoms with Gasteiger partial charge in [0, 0.05) is 18.5 Å². The number of halogens is 2. The van der Waals surface area contributed by atoms with Gasteiger partial charge in [-0.1, -0.05) is 48.5 Å². The van der Waals surface area contributed by atoms with E-state index < -0.39 is 36.5 Å². The Kier molecular flexibility index (Phi) is 6.31. The lowest BCUT2D eigenvalue weighted by molar-refractivity contribution is -0.158. The van der Waals surface area contributed by atoms with Crippen LogP contribution in [0.1, 0.15) is 36.3 Å². The second-order valence-corrected chi connectivity index (χ2v) is 8.28. The molecule has 1 fully saturated rings. The van der Waals surface area contributed by atoms with Gasteiger partial charge >= 0.3 is 18.0 Å². The van der Waals surface area contributed by atoms with E-state index in [0.717, 1.165) is 27.2 Å². The van der Waals surface area contributed by atoms with Crippen LogP contribution in [0, 0.1) is 0 Å². The smallest absolute Gasteiger partial charge is 0.407 e. The van der Waals surface area contributed by atoms with Gasteiger partial charge in [0.05, 0.1) is 13.0 Å². The number of amides is 2. The van der Waals surface area contributed by atoms with Crippen LogP contribution in [0.5, 0.6) is 0 Å². The highest BCUT2D eigenvalue weighted by molar-refractivity contribution is 5.85. The summed E-state index contributed by atoms with van der Waals surface area (Å²) in [4.78, 5) is 36.3. The largest absolute Gasteiger partial charge is 0.481 e. The van der Waals surface area contributed by atoms with Crippen LogP contribution in [0.4, 0.5) is 13.6 Å². The summed E-state index contributed by atoms with van der Waals surface area (Å²) in [6.45, 7) is -1.19. The predicted molar refractivity (Wildman–Crippen MR) is 115 cm³/mol.